The van der Waals surface area contributed by atoms with Gasteiger partial charge in [0.05, 0.1) is 23.2 Å². The zero-order valence-electron chi connectivity index (χ0n) is 17.2. The Balaban J connectivity index is 1.67. The second kappa shape index (κ2) is 8.95. The minimum atomic E-state index is -1.15. The van der Waals surface area contributed by atoms with Gasteiger partial charge in [-0.25, -0.2) is 18.6 Å². The minimum Gasteiger partial charge on any atom is -0.465 e. The number of nitrogens with zero attached hydrogens (tertiary/aromatic N) is 3. The Morgan fingerprint density at radius 1 is 1.12 bits per heavy atom. The van der Waals surface area contributed by atoms with Gasteiger partial charge in [0.15, 0.2) is 0 Å². The van der Waals surface area contributed by atoms with E-state index in [0.717, 1.165) is 35.7 Å². The van der Waals surface area contributed by atoms with E-state index in [9.17, 15) is 23.7 Å². The van der Waals surface area contributed by atoms with E-state index in [1.54, 1.807) is 12.3 Å². The summed E-state index contributed by atoms with van der Waals surface area (Å²) in [4.78, 5) is 30.9. The number of benzene rings is 2. The van der Waals surface area contributed by atoms with Gasteiger partial charge in [-0.3, -0.25) is 15.1 Å². The SMILES string of the molecule is COC(=O)c1c(F)cc(-c2ccc([N+](=O)[O-])c(NCc3ccc4ncccc4c3)n2)cc1F. The molecule has 0 bridgehead atoms. The van der Waals surface area contributed by atoms with Crippen molar-refractivity contribution in [1.29, 1.82) is 0 Å². The summed E-state index contributed by atoms with van der Waals surface area (Å²) in [6.45, 7) is 0.214. The highest BCUT2D eigenvalue weighted by Crippen LogP contribution is 2.29. The lowest BCUT2D eigenvalue weighted by Gasteiger charge is -2.10. The van der Waals surface area contributed by atoms with Gasteiger partial charge in [-0.2, -0.15) is 0 Å². The predicted octanol–water partition coefficient (Wildman–Crippen LogP) is 4.88. The number of anilines is 1. The average molecular weight is 450 g/mol. The predicted molar refractivity (Wildman–Crippen MR) is 117 cm³/mol. The summed E-state index contributed by atoms with van der Waals surface area (Å²) in [5, 5.41) is 15.3. The van der Waals surface area contributed by atoms with Gasteiger partial charge in [0.2, 0.25) is 5.82 Å². The Hall–Kier alpha value is -4.47. The number of hydrogen-bond acceptors (Lipinski definition) is 7. The monoisotopic (exact) mass is 450 g/mol. The number of fused-ring (bicyclic) bond motifs is 1. The van der Waals surface area contributed by atoms with Gasteiger partial charge in [-0.15, -0.1) is 0 Å². The van der Waals surface area contributed by atoms with Crippen molar-refractivity contribution in [2.45, 2.75) is 6.54 Å². The lowest BCUT2D eigenvalue weighted by Crippen LogP contribution is -2.09. The standard InChI is InChI=1S/C23H16F2N4O4/c1-33-23(30)21-16(24)10-15(11-17(21)25)19-6-7-20(29(31)32)22(28-19)27-12-13-4-5-18-14(9-13)3-2-8-26-18/h2-11H,12H2,1H3,(H,27,28). The molecule has 2 aromatic heterocycles. The molecule has 0 radical (unpaired) electrons. The quantitative estimate of drug-likeness (QED) is 0.253. The molecule has 10 heteroatoms. The van der Waals surface area contributed by atoms with Crippen molar-refractivity contribution in [3.8, 4) is 11.3 Å². The number of aromatic nitrogens is 2. The van der Waals surface area contributed by atoms with E-state index in [4.69, 9.17) is 0 Å². The van der Waals surface area contributed by atoms with Crippen LogP contribution in [0.2, 0.25) is 0 Å². The Kier molecular flexibility index (Phi) is 5.90. The van der Waals surface area contributed by atoms with Crippen LogP contribution in [0.3, 0.4) is 0 Å². The molecule has 33 heavy (non-hydrogen) atoms. The highest BCUT2D eigenvalue weighted by Gasteiger charge is 2.22. The number of carbonyl (C=O) groups is 1. The van der Waals surface area contributed by atoms with E-state index in [1.165, 1.54) is 12.1 Å². The first kappa shape index (κ1) is 21.8. The van der Waals surface area contributed by atoms with Crippen molar-refractivity contribution in [2.24, 2.45) is 0 Å². The molecule has 0 aliphatic heterocycles. The lowest BCUT2D eigenvalue weighted by atomic mass is 10.1. The molecule has 4 aromatic rings. The molecule has 0 saturated carbocycles. The molecule has 0 spiro atoms. The number of esters is 1. The van der Waals surface area contributed by atoms with Crippen LogP contribution in [0, 0.1) is 21.7 Å². The van der Waals surface area contributed by atoms with E-state index in [-0.39, 0.29) is 29.3 Å². The Bertz CT molecular complexity index is 1370. The first-order chi connectivity index (χ1) is 15.9. The molecule has 0 atom stereocenters. The van der Waals surface area contributed by atoms with Crippen LogP contribution >= 0.6 is 0 Å². The molecule has 4 rings (SSSR count). The number of nitrogens with one attached hydrogen (secondary N) is 1. The topological polar surface area (TPSA) is 107 Å². The van der Waals surface area contributed by atoms with Crippen molar-refractivity contribution in [2.75, 3.05) is 12.4 Å². The van der Waals surface area contributed by atoms with Crippen LogP contribution in [0.4, 0.5) is 20.3 Å². The molecule has 0 aliphatic carbocycles. The zero-order chi connectivity index (χ0) is 23.5. The number of methoxy groups -OCH3 is 1. The fourth-order valence-electron chi connectivity index (χ4n) is 3.33. The molecular formula is C23H16F2N4O4. The third-order valence-electron chi connectivity index (χ3n) is 4.93. The summed E-state index contributed by atoms with van der Waals surface area (Å²) in [6, 6.07) is 13.6. The Labute approximate surface area is 186 Å². The third-order valence-corrected chi connectivity index (χ3v) is 4.93. The third kappa shape index (κ3) is 4.45. The van der Waals surface area contributed by atoms with Crippen molar-refractivity contribution in [3.05, 3.63) is 93.7 Å². The molecule has 0 amide bonds. The smallest absolute Gasteiger partial charge is 0.343 e. The van der Waals surface area contributed by atoms with Crippen LogP contribution in [0.5, 0.6) is 0 Å². The summed E-state index contributed by atoms with van der Waals surface area (Å²) < 4.78 is 33.1. The number of carbonyl (C=O) groups excluding carboxylic acids is 1. The molecule has 0 saturated heterocycles. The molecule has 166 valence electrons. The van der Waals surface area contributed by atoms with Crippen LogP contribution in [0.15, 0.2) is 60.8 Å². The summed E-state index contributed by atoms with van der Waals surface area (Å²) in [7, 11) is 1.01. The first-order valence-corrected chi connectivity index (χ1v) is 9.68. The Morgan fingerprint density at radius 2 is 1.88 bits per heavy atom. The van der Waals surface area contributed by atoms with E-state index >= 15 is 0 Å². The molecule has 0 fully saturated rings. The van der Waals surface area contributed by atoms with Crippen LogP contribution < -0.4 is 5.32 Å². The molecule has 0 unspecified atom stereocenters. The van der Waals surface area contributed by atoms with E-state index in [2.05, 4.69) is 20.0 Å². The van der Waals surface area contributed by atoms with Gasteiger partial charge < -0.3 is 10.1 Å². The van der Waals surface area contributed by atoms with Crippen molar-refractivity contribution in [3.63, 3.8) is 0 Å². The fourth-order valence-corrected chi connectivity index (χ4v) is 3.33. The molecule has 1 N–H and O–H groups in total. The molecule has 2 heterocycles. The second-order valence-electron chi connectivity index (χ2n) is 7.01. The van der Waals surface area contributed by atoms with Crippen molar-refractivity contribution < 1.29 is 23.2 Å². The maximum atomic E-state index is 14.3. The minimum absolute atomic E-state index is 0.00683. The normalized spacial score (nSPS) is 10.8. The van der Waals surface area contributed by atoms with Crippen LogP contribution in [0.25, 0.3) is 22.2 Å². The average Bonchev–Trinajstić information content (AvgIpc) is 2.81. The van der Waals surface area contributed by atoms with Crippen LogP contribution in [-0.2, 0) is 11.3 Å². The Morgan fingerprint density at radius 3 is 2.58 bits per heavy atom. The van der Waals surface area contributed by atoms with E-state index < -0.39 is 28.1 Å². The number of hydrogen-bond donors (Lipinski definition) is 1. The summed E-state index contributed by atoms with van der Waals surface area (Å²) in [6.07, 6.45) is 1.68. The maximum absolute atomic E-state index is 14.3. The maximum Gasteiger partial charge on any atom is 0.343 e. The highest BCUT2D eigenvalue weighted by atomic mass is 19.1. The van der Waals surface area contributed by atoms with Crippen molar-refractivity contribution in [1.82, 2.24) is 9.97 Å². The molecule has 0 aliphatic rings. The van der Waals surface area contributed by atoms with E-state index in [1.807, 2.05) is 24.3 Å². The number of ether oxygens (including phenoxy) is 1. The largest absolute Gasteiger partial charge is 0.465 e. The lowest BCUT2D eigenvalue weighted by molar-refractivity contribution is -0.384. The molecule has 8 nitrogen and oxygen atoms in total. The van der Waals surface area contributed by atoms with Gasteiger partial charge in [0.1, 0.15) is 17.2 Å². The number of nitro groups is 1. The fraction of sp³-hybridized carbons (Fsp3) is 0.0870. The second-order valence-corrected chi connectivity index (χ2v) is 7.01. The van der Waals surface area contributed by atoms with Gasteiger partial charge in [0.25, 0.3) is 0 Å². The molecule has 2 aromatic carbocycles. The van der Waals surface area contributed by atoms with Crippen molar-refractivity contribution >= 4 is 28.4 Å². The van der Waals surface area contributed by atoms with Gasteiger partial charge in [0, 0.05) is 29.8 Å². The number of rotatable bonds is 6. The number of pyridine rings is 2. The van der Waals surface area contributed by atoms with E-state index in [0.29, 0.717) is 0 Å². The van der Waals surface area contributed by atoms with Gasteiger partial charge in [-0.05, 0) is 42.0 Å². The van der Waals surface area contributed by atoms with Gasteiger partial charge in [-0.1, -0.05) is 12.1 Å². The summed E-state index contributed by atoms with van der Waals surface area (Å²) in [5.41, 5.74) is 0.608. The first-order valence-electron chi connectivity index (χ1n) is 9.68. The zero-order valence-corrected chi connectivity index (χ0v) is 17.2. The molecular weight excluding hydrogens is 434 g/mol. The number of halogens is 2. The highest BCUT2D eigenvalue weighted by molar-refractivity contribution is 5.90. The summed E-state index contributed by atoms with van der Waals surface area (Å²) >= 11 is 0. The summed E-state index contributed by atoms with van der Waals surface area (Å²) in [5.74, 6) is -3.48. The van der Waals surface area contributed by atoms with Gasteiger partial charge >= 0.3 is 11.7 Å². The van der Waals surface area contributed by atoms with Crippen LogP contribution in [-0.4, -0.2) is 28.0 Å². The van der Waals surface area contributed by atoms with Crippen LogP contribution in [0.1, 0.15) is 15.9 Å².